The molecule has 15 heavy (non-hydrogen) atoms. The van der Waals surface area contributed by atoms with Crippen LogP contribution in [0.25, 0.3) is 5.69 Å². The predicted octanol–water partition coefficient (Wildman–Crippen LogP) is 1.74. The van der Waals surface area contributed by atoms with Crippen LogP contribution >= 0.6 is 0 Å². The Bertz CT molecular complexity index is 392. The summed E-state index contributed by atoms with van der Waals surface area (Å²) in [5, 5.41) is 4.13. The van der Waals surface area contributed by atoms with Gasteiger partial charge in [0, 0.05) is 32.5 Å². The zero-order valence-corrected chi connectivity index (χ0v) is 11.0. The average Bonchev–Trinajstić information content (AvgIpc) is 2.71. The average molecular weight is 378 g/mol. The molecule has 1 aromatic heterocycles. The molecule has 0 aliphatic heterocycles. The van der Waals surface area contributed by atoms with E-state index in [2.05, 4.69) is 11.2 Å². The van der Waals surface area contributed by atoms with Crippen molar-refractivity contribution in [1.29, 1.82) is 0 Å². The Kier molecular flexibility index (Phi) is 4.06. The van der Waals surface area contributed by atoms with E-state index < -0.39 is 0 Å². The van der Waals surface area contributed by atoms with E-state index in [1.165, 1.54) is 0 Å². The number of anilines is 1. The molecule has 1 heterocycles. The molecule has 0 saturated carbocycles. The largest absolute Gasteiger partial charge is 0.429 e. The van der Waals surface area contributed by atoms with Crippen molar-refractivity contribution in [2.45, 2.75) is 0 Å². The van der Waals surface area contributed by atoms with Gasteiger partial charge in [0.25, 0.3) is 0 Å². The van der Waals surface area contributed by atoms with Crippen molar-refractivity contribution in [1.82, 2.24) is 9.78 Å². The topological polar surface area (TPSA) is 21.1 Å². The van der Waals surface area contributed by atoms with Crippen LogP contribution in [0.2, 0.25) is 0 Å². The van der Waals surface area contributed by atoms with Gasteiger partial charge in [0.15, 0.2) is 0 Å². The van der Waals surface area contributed by atoms with Gasteiger partial charge in [-0.15, -0.1) is 12.1 Å². The summed E-state index contributed by atoms with van der Waals surface area (Å²) >= 11 is 0. The van der Waals surface area contributed by atoms with Gasteiger partial charge < -0.3 is 4.90 Å². The van der Waals surface area contributed by atoms with Gasteiger partial charge in [-0.1, -0.05) is 5.69 Å². The van der Waals surface area contributed by atoms with Crippen molar-refractivity contribution in [3.05, 3.63) is 42.7 Å². The van der Waals surface area contributed by atoms with E-state index in [4.69, 9.17) is 0 Å². The fourth-order valence-electron chi connectivity index (χ4n) is 1.24. The summed E-state index contributed by atoms with van der Waals surface area (Å²) in [5.41, 5.74) is 2.10. The van der Waals surface area contributed by atoms with Crippen LogP contribution in [0.4, 0.5) is 5.69 Å². The van der Waals surface area contributed by atoms with Crippen LogP contribution in [0.3, 0.4) is 0 Å². The minimum atomic E-state index is 0. The molecule has 0 aliphatic carbocycles. The van der Waals surface area contributed by atoms with Gasteiger partial charge in [-0.25, -0.2) is 0 Å². The number of aromatic nitrogens is 2. The van der Waals surface area contributed by atoms with Crippen molar-refractivity contribution in [3.63, 3.8) is 0 Å². The second kappa shape index (κ2) is 5.10. The van der Waals surface area contributed by atoms with E-state index in [-0.39, 0.29) is 20.1 Å². The molecule has 0 saturated heterocycles. The molecule has 1 aromatic carbocycles. The molecule has 0 fully saturated rings. The molecule has 0 spiro atoms. The molecule has 0 unspecified atom stereocenters. The smallest absolute Gasteiger partial charge is 0.0493 e. The summed E-state index contributed by atoms with van der Waals surface area (Å²) < 4.78 is 1.79. The summed E-state index contributed by atoms with van der Waals surface area (Å²) in [5.74, 6) is 0. The second-order valence-corrected chi connectivity index (χ2v) is 3.28. The number of hydrogen-bond acceptors (Lipinski definition) is 2. The second-order valence-electron chi connectivity index (χ2n) is 3.28. The Hall–Kier alpha value is -1.12. The van der Waals surface area contributed by atoms with Gasteiger partial charge >= 0.3 is 0 Å². The first kappa shape index (κ1) is 12.0. The number of hydrogen-bond donors (Lipinski definition) is 0. The Morgan fingerprint density at radius 1 is 1.33 bits per heavy atom. The van der Waals surface area contributed by atoms with Crippen molar-refractivity contribution in [2.75, 3.05) is 19.0 Å². The van der Waals surface area contributed by atoms with E-state index in [1.54, 1.807) is 10.9 Å². The Morgan fingerprint density at radius 3 is 2.60 bits per heavy atom. The van der Waals surface area contributed by atoms with Crippen LogP contribution in [-0.4, -0.2) is 23.9 Å². The summed E-state index contributed by atoms with van der Waals surface area (Å²) in [4.78, 5) is 2.05. The quantitative estimate of drug-likeness (QED) is 0.743. The summed E-state index contributed by atoms with van der Waals surface area (Å²) in [6.45, 7) is 0. The Labute approximate surface area is 103 Å². The fourth-order valence-corrected chi connectivity index (χ4v) is 1.24. The number of benzene rings is 1. The van der Waals surface area contributed by atoms with Crippen LogP contribution < -0.4 is 4.90 Å². The first-order chi connectivity index (χ1) is 6.77. The standard InChI is InChI=1S/C11H12N3.Ir/c1-13(2)10-4-6-11(7-5-10)14-9-3-8-12-14;/h3-6,8-9H,1-2H3;/q-1;. The third kappa shape index (κ3) is 2.67. The molecule has 81 valence electrons. The monoisotopic (exact) mass is 379 g/mol. The summed E-state index contributed by atoms with van der Waals surface area (Å²) in [6, 6.07) is 11.1. The molecule has 4 heteroatoms. The third-order valence-electron chi connectivity index (χ3n) is 2.05. The van der Waals surface area contributed by atoms with Crippen LogP contribution in [0, 0.1) is 6.07 Å². The van der Waals surface area contributed by atoms with Crippen molar-refractivity contribution >= 4 is 5.69 Å². The maximum absolute atomic E-state index is 4.13. The zero-order chi connectivity index (χ0) is 9.97. The normalized spacial score (nSPS) is 9.47. The minimum Gasteiger partial charge on any atom is -0.429 e. The van der Waals surface area contributed by atoms with E-state index in [0.29, 0.717) is 0 Å². The van der Waals surface area contributed by atoms with Crippen LogP contribution in [0.1, 0.15) is 0 Å². The van der Waals surface area contributed by atoms with Crippen LogP contribution in [0.5, 0.6) is 0 Å². The summed E-state index contributed by atoms with van der Waals surface area (Å²) in [7, 11) is 4.02. The van der Waals surface area contributed by atoms with E-state index in [1.807, 2.05) is 49.5 Å². The SMILES string of the molecule is CN(C)c1c[c-]c(-n2cccn2)cc1.[Ir]. The van der Waals surface area contributed by atoms with Gasteiger partial charge in [0.2, 0.25) is 0 Å². The molecule has 0 bridgehead atoms. The Morgan fingerprint density at radius 2 is 2.13 bits per heavy atom. The van der Waals surface area contributed by atoms with Crippen LogP contribution in [-0.2, 0) is 20.1 Å². The molecule has 2 rings (SSSR count). The molecule has 2 aromatic rings. The maximum Gasteiger partial charge on any atom is 0.0493 e. The fraction of sp³-hybridized carbons (Fsp3) is 0.182. The molecule has 0 N–H and O–H groups in total. The van der Waals surface area contributed by atoms with E-state index in [9.17, 15) is 0 Å². The van der Waals surface area contributed by atoms with Gasteiger partial charge in [0.05, 0.1) is 0 Å². The zero-order valence-electron chi connectivity index (χ0n) is 8.64. The van der Waals surface area contributed by atoms with Gasteiger partial charge in [-0.3, -0.25) is 4.68 Å². The molecular formula is C11H12IrN3-. The molecule has 0 amide bonds. The number of nitrogens with zero attached hydrogens (tertiary/aromatic N) is 3. The van der Waals surface area contributed by atoms with Gasteiger partial charge in [-0.05, 0) is 25.8 Å². The van der Waals surface area contributed by atoms with Crippen molar-refractivity contribution in [3.8, 4) is 5.69 Å². The molecule has 0 aliphatic rings. The minimum absolute atomic E-state index is 0. The molecule has 3 nitrogen and oxygen atoms in total. The van der Waals surface area contributed by atoms with E-state index >= 15 is 0 Å². The molecule has 1 radical (unpaired) electrons. The summed E-state index contributed by atoms with van der Waals surface area (Å²) in [6.07, 6.45) is 3.66. The maximum atomic E-state index is 4.13. The van der Waals surface area contributed by atoms with Gasteiger partial charge in [-0.2, -0.15) is 17.2 Å². The van der Waals surface area contributed by atoms with Crippen molar-refractivity contribution < 1.29 is 20.1 Å². The Balaban J connectivity index is 0.00000112. The molecule has 0 atom stereocenters. The van der Waals surface area contributed by atoms with Crippen molar-refractivity contribution in [2.24, 2.45) is 0 Å². The molecular weight excluding hydrogens is 366 g/mol. The third-order valence-corrected chi connectivity index (χ3v) is 2.05. The predicted molar refractivity (Wildman–Crippen MR) is 56.7 cm³/mol. The van der Waals surface area contributed by atoms with Crippen LogP contribution in [0.15, 0.2) is 36.7 Å². The number of rotatable bonds is 2. The van der Waals surface area contributed by atoms with E-state index in [0.717, 1.165) is 11.4 Å². The first-order valence-electron chi connectivity index (χ1n) is 4.46. The van der Waals surface area contributed by atoms with Gasteiger partial charge in [0.1, 0.15) is 0 Å². The first-order valence-corrected chi connectivity index (χ1v) is 4.46.